The van der Waals surface area contributed by atoms with Crippen LogP contribution in [0.3, 0.4) is 0 Å². The van der Waals surface area contributed by atoms with Gasteiger partial charge in [0.05, 0.1) is 17.0 Å². The van der Waals surface area contributed by atoms with Crippen LogP contribution in [0.5, 0.6) is 0 Å². The molecule has 4 rings (SSSR count). The van der Waals surface area contributed by atoms with Gasteiger partial charge in [0.1, 0.15) is 15.3 Å². The molecule has 1 saturated heterocycles. The fourth-order valence-electron chi connectivity index (χ4n) is 4.14. The number of hydrogen-bond donors (Lipinski definition) is 2. The highest BCUT2D eigenvalue weighted by Gasteiger charge is 2.39. The van der Waals surface area contributed by atoms with Crippen LogP contribution in [-0.4, -0.2) is 50.3 Å². The molecule has 1 fully saturated rings. The lowest BCUT2D eigenvalue weighted by Gasteiger charge is -2.33. The van der Waals surface area contributed by atoms with Gasteiger partial charge in [0.15, 0.2) is 0 Å². The second-order valence-corrected chi connectivity index (χ2v) is 12.6. The number of nitrogens with one attached hydrogen (secondary N) is 2. The summed E-state index contributed by atoms with van der Waals surface area (Å²) in [4.78, 5) is 38.6. The van der Waals surface area contributed by atoms with Crippen molar-refractivity contribution in [3.63, 3.8) is 0 Å². The molecule has 9 nitrogen and oxygen atoms in total. The number of rotatable bonds is 5. The molecule has 1 atom stereocenters. The van der Waals surface area contributed by atoms with Gasteiger partial charge in [-0.05, 0) is 49.8 Å². The predicted molar refractivity (Wildman–Crippen MR) is 126 cm³/mol. The Kier molecular flexibility index (Phi) is 7.10. The molecule has 2 aromatic rings. The van der Waals surface area contributed by atoms with Gasteiger partial charge in [-0.3, -0.25) is 14.9 Å². The highest BCUT2D eigenvalue weighted by molar-refractivity contribution is 7.91. The molecular formula is C20H22ClN3O6S3. The molecule has 3 heterocycles. The first-order valence-corrected chi connectivity index (χ1v) is 13.8. The average Bonchev–Trinajstić information content (AvgIpc) is 3.49. The van der Waals surface area contributed by atoms with Gasteiger partial charge in [0.25, 0.3) is 15.9 Å². The highest BCUT2D eigenvalue weighted by atomic mass is 35.5. The average molecular weight is 532 g/mol. The second kappa shape index (κ2) is 9.71. The Morgan fingerprint density at radius 1 is 1.15 bits per heavy atom. The fourth-order valence-corrected chi connectivity index (χ4v) is 8.70. The number of anilines is 1. The number of aryl methyl sites for hydroxylation is 1. The number of imide groups is 1. The third kappa shape index (κ3) is 4.80. The summed E-state index contributed by atoms with van der Waals surface area (Å²) in [6.07, 6.45) is 3.12. The van der Waals surface area contributed by atoms with Gasteiger partial charge in [-0.15, -0.1) is 22.7 Å². The molecule has 0 saturated carbocycles. The molecule has 2 aromatic heterocycles. The van der Waals surface area contributed by atoms with E-state index < -0.39 is 34.0 Å². The molecule has 1 aliphatic carbocycles. The number of alkyl carbamates (subject to hydrolysis) is 1. The summed E-state index contributed by atoms with van der Waals surface area (Å²) in [5.74, 6) is -1.16. The van der Waals surface area contributed by atoms with E-state index in [0.29, 0.717) is 35.0 Å². The largest absolute Gasteiger partial charge is 0.453 e. The Hall–Kier alpha value is -1.99. The minimum Gasteiger partial charge on any atom is -0.453 e. The number of ether oxygens (including phenoxy) is 1. The van der Waals surface area contributed by atoms with Crippen LogP contribution in [0.25, 0.3) is 0 Å². The lowest BCUT2D eigenvalue weighted by Crippen LogP contribution is -2.49. The minimum atomic E-state index is -3.90. The standard InChI is InChI=1S/C20H22ClN3O6S3/c1-30-20(27)23-18(26)16-11-5-4-7-13(11)31-19(16)22-17(25)12-6-2-3-10-24(12)33(28,29)15-9-8-14(21)32-15/h8-9,12H,2-7,10H2,1H3,(H,22,25)(H,23,26,27). The predicted octanol–water partition coefficient (Wildman–Crippen LogP) is 3.63. The zero-order valence-electron chi connectivity index (χ0n) is 17.7. The number of methoxy groups -OCH3 is 1. The molecule has 1 unspecified atom stereocenters. The summed E-state index contributed by atoms with van der Waals surface area (Å²) in [7, 11) is -2.75. The van der Waals surface area contributed by atoms with E-state index in [1.807, 2.05) is 0 Å². The Balaban J connectivity index is 1.61. The topological polar surface area (TPSA) is 122 Å². The Morgan fingerprint density at radius 3 is 2.64 bits per heavy atom. The van der Waals surface area contributed by atoms with Crippen molar-refractivity contribution < 1.29 is 27.5 Å². The van der Waals surface area contributed by atoms with Gasteiger partial charge in [-0.2, -0.15) is 4.31 Å². The van der Waals surface area contributed by atoms with Crippen molar-refractivity contribution in [2.24, 2.45) is 0 Å². The van der Waals surface area contributed by atoms with Crippen LogP contribution in [0.15, 0.2) is 16.3 Å². The molecule has 0 spiro atoms. The third-order valence-electron chi connectivity index (χ3n) is 5.65. The van der Waals surface area contributed by atoms with Crippen molar-refractivity contribution in [3.8, 4) is 0 Å². The van der Waals surface area contributed by atoms with Gasteiger partial charge in [0.2, 0.25) is 5.91 Å². The van der Waals surface area contributed by atoms with Crippen molar-refractivity contribution in [3.05, 3.63) is 32.5 Å². The SMILES string of the molecule is COC(=O)NC(=O)c1c(NC(=O)C2CCCCN2S(=O)(=O)c2ccc(Cl)s2)sc2c1CCC2. The molecular weight excluding hydrogens is 510 g/mol. The van der Waals surface area contributed by atoms with E-state index in [2.05, 4.69) is 15.4 Å². The minimum absolute atomic E-state index is 0.0837. The number of thiophene rings is 2. The van der Waals surface area contributed by atoms with Crippen molar-refractivity contribution in [2.75, 3.05) is 19.0 Å². The maximum absolute atomic E-state index is 13.3. The first-order valence-electron chi connectivity index (χ1n) is 10.3. The van der Waals surface area contributed by atoms with Crippen LogP contribution >= 0.6 is 34.3 Å². The number of fused-ring (bicyclic) bond motifs is 1. The number of halogens is 1. The quantitative estimate of drug-likeness (QED) is 0.607. The Labute approximate surface area is 204 Å². The van der Waals surface area contributed by atoms with Gasteiger partial charge in [-0.1, -0.05) is 18.0 Å². The van der Waals surface area contributed by atoms with Gasteiger partial charge in [-0.25, -0.2) is 13.2 Å². The molecule has 0 radical (unpaired) electrons. The second-order valence-electron chi connectivity index (χ2n) is 7.68. The molecule has 0 bridgehead atoms. The van der Waals surface area contributed by atoms with Crippen molar-refractivity contribution in [2.45, 2.75) is 48.8 Å². The molecule has 1 aliphatic heterocycles. The number of amides is 3. The maximum Gasteiger partial charge on any atom is 0.413 e. The van der Waals surface area contributed by atoms with Crippen LogP contribution in [0.2, 0.25) is 4.34 Å². The van der Waals surface area contributed by atoms with E-state index in [4.69, 9.17) is 11.6 Å². The van der Waals surface area contributed by atoms with Crippen molar-refractivity contribution >= 4 is 67.2 Å². The number of nitrogens with zero attached hydrogens (tertiary/aromatic N) is 1. The number of piperidine rings is 1. The Bertz CT molecular complexity index is 1210. The van der Waals surface area contributed by atoms with Gasteiger partial charge >= 0.3 is 6.09 Å². The summed E-state index contributed by atoms with van der Waals surface area (Å²) in [5.41, 5.74) is 1.04. The monoisotopic (exact) mass is 531 g/mol. The summed E-state index contributed by atoms with van der Waals surface area (Å²) in [6, 6.07) is 2.03. The number of carbonyl (C=O) groups is 3. The summed E-state index contributed by atoms with van der Waals surface area (Å²) >= 11 is 8.16. The van der Waals surface area contributed by atoms with E-state index >= 15 is 0 Å². The molecule has 3 amide bonds. The van der Waals surface area contributed by atoms with E-state index in [0.717, 1.165) is 41.7 Å². The van der Waals surface area contributed by atoms with E-state index in [1.54, 1.807) is 0 Å². The number of carbonyl (C=O) groups excluding carboxylic acids is 3. The zero-order valence-corrected chi connectivity index (χ0v) is 20.9. The normalized spacial score (nSPS) is 18.5. The third-order valence-corrected chi connectivity index (χ3v) is 10.5. The van der Waals surface area contributed by atoms with E-state index in [1.165, 1.54) is 27.8 Å². The molecule has 33 heavy (non-hydrogen) atoms. The summed E-state index contributed by atoms with van der Waals surface area (Å²) in [6.45, 7) is 0.215. The van der Waals surface area contributed by atoms with Crippen LogP contribution in [0.4, 0.5) is 9.80 Å². The zero-order chi connectivity index (χ0) is 23.8. The van der Waals surface area contributed by atoms with Crippen LogP contribution in [0.1, 0.15) is 46.5 Å². The van der Waals surface area contributed by atoms with Gasteiger partial charge in [0, 0.05) is 11.4 Å². The van der Waals surface area contributed by atoms with Crippen LogP contribution in [0, 0.1) is 0 Å². The van der Waals surface area contributed by atoms with Crippen molar-refractivity contribution in [1.82, 2.24) is 9.62 Å². The molecule has 0 aromatic carbocycles. The first-order chi connectivity index (χ1) is 15.7. The van der Waals surface area contributed by atoms with Crippen LogP contribution < -0.4 is 10.6 Å². The molecule has 178 valence electrons. The molecule has 13 heteroatoms. The van der Waals surface area contributed by atoms with E-state index in [9.17, 15) is 22.8 Å². The number of hydrogen-bond acceptors (Lipinski definition) is 8. The first kappa shape index (κ1) is 24.1. The highest BCUT2D eigenvalue weighted by Crippen LogP contribution is 2.40. The number of sulfonamides is 1. The van der Waals surface area contributed by atoms with E-state index in [-0.39, 0.29) is 16.3 Å². The Morgan fingerprint density at radius 2 is 1.94 bits per heavy atom. The molecule has 2 aliphatic rings. The molecule has 2 N–H and O–H groups in total. The smallest absolute Gasteiger partial charge is 0.413 e. The van der Waals surface area contributed by atoms with Crippen LogP contribution in [-0.2, 0) is 32.4 Å². The van der Waals surface area contributed by atoms with Gasteiger partial charge < -0.3 is 10.1 Å². The summed E-state index contributed by atoms with van der Waals surface area (Å²) in [5, 5.41) is 5.24. The fraction of sp³-hybridized carbons (Fsp3) is 0.450. The lowest BCUT2D eigenvalue weighted by atomic mass is 10.0. The lowest BCUT2D eigenvalue weighted by molar-refractivity contribution is -0.120. The van der Waals surface area contributed by atoms with Crippen molar-refractivity contribution in [1.29, 1.82) is 0 Å². The maximum atomic E-state index is 13.3. The summed E-state index contributed by atoms with van der Waals surface area (Å²) < 4.78 is 32.5.